The fourth-order valence-electron chi connectivity index (χ4n) is 1.62. The molecule has 22 heavy (non-hydrogen) atoms. The smallest absolute Gasteiger partial charge is 0.325 e. The second-order valence-corrected chi connectivity index (χ2v) is 5.86. The van der Waals surface area contributed by atoms with Crippen molar-refractivity contribution in [2.45, 2.75) is 23.4 Å². The van der Waals surface area contributed by atoms with Crippen molar-refractivity contribution in [1.29, 1.82) is 0 Å². The van der Waals surface area contributed by atoms with Crippen molar-refractivity contribution in [3.05, 3.63) is 54.2 Å². The molecule has 0 aliphatic heterocycles. The highest BCUT2D eigenvalue weighted by molar-refractivity contribution is 8.00. The van der Waals surface area contributed by atoms with Crippen LogP contribution in [-0.4, -0.2) is 16.1 Å². The molecule has 1 unspecified atom stereocenters. The number of halogens is 3. The van der Waals surface area contributed by atoms with Crippen molar-refractivity contribution in [1.82, 2.24) is 4.98 Å². The topological polar surface area (TPSA) is 42.0 Å². The van der Waals surface area contributed by atoms with Gasteiger partial charge < -0.3 is 5.32 Å². The van der Waals surface area contributed by atoms with Gasteiger partial charge in [0.2, 0.25) is 5.91 Å². The number of alkyl halides is 3. The zero-order valence-corrected chi connectivity index (χ0v) is 12.4. The molecule has 0 radical (unpaired) electrons. The monoisotopic (exact) mass is 326 g/mol. The summed E-state index contributed by atoms with van der Waals surface area (Å²) in [5.41, 5.74) is -0.140. The molecule has 7 heteroatoms. The second kappa shape index (κ2) is 6.83. The molecule has 1 atom stereocenters. The molecule has 0 saturated carbocycles. The van der Waals surface area contributed by atoms with Gasteiger partial charge in [-0.1, -0.05) is 30.0 Å². The van der Waals surface area contributed by atoms with Crippen LogP contribution in [0.15, 0.2) is 53.7 Å². The zero-order chi connectivity index (χ0) is 16.2. The van der Waals surface area contributed by atoms with Crippen molar-refractivity contribution in [3.8, 4) is 0 Å². The number of carbonyl (C=O) groups excluding carboxylic acids is 1. The summed E-state index contributed by atoms with van der Waals surface area (Å²) in [7, 11) is 0. The predicted octanol–water partition coefficient (Wildman–Crippen LogP) is 4.22. The lowest BCUT2D eigenvalue weighted by molar-refractivity contribution is -0.137. The van der Waals surface area contributed by atoms with Gasteiger partial charge in [0, 0.05) is 11.9 Å². The van der Waals surface area contributed by atoms with Gasteiger partial charge in [-0.3, -0.25) is 4.79 Å². The first-order chi connectivity index (χ1) is 10.4. The van der Waals surface area contributed by atoms with E-state index in [-0.39, 0.29) is 5.91 Å². The summed E-state index contributed by atoms with van der Waals surface area (Å²) in [5, 5.41) is 2.61. The summed E-state index contributed by atoms with van der Waals surface area (Å²) in [5.74, 6) is -0.238. The minimum atomic E-state index is -4.41. The van der Waals surface area contributed by atoms with Gasteiger partial charge in [-0.15, -0.1) is 0 Å². The zero-order valence-electron chi connectivity index (χ0n) is 11.6. The van der Waals surface area contributed by atoms with E-state index in [1.807, 2.05) is 6.07 Å². The third kappa shape index (κ3) is 4.49. The quantitative estimate of drug-likeness (QED) is 0.856. The van der Waals surface area contributed by atoms with Crippen LogP contribution in [0.2, 0.25) is 0 Å². The molecule has 0 aliphatic carbocycles. The van der Waals surface area contributed by atoms with Gasteiger partial charge in [-0.05, 0) is 31.2 Å². The van der Waals surface area contributed by atoms with Gasteiger partial charge in [-0.25, -0.2) is 4.98 Å². The van der Waals surface area contributed by atoms with Crippen LogP contribution in [-0.2, 0) is 11.0 Å². The lowest BCUT2D eigenvalue weighted by Crippen LogP contribution is -2.22. The average molecular weight is 326 g/mol. The summed E-state index contributed by atoms with van der Waals surface area (Å²) < 4.78 is 37.3. The van der Waals surface area contributed by atoms with Gasteiger partial charge in [0.15, 0.2) is 0 Å². The van der Waals surface area contributed by atoms with E-state index in [9.17, 15) is 18.0 Å². The molecule has 0 bridgehead atoms. The highest BCUT2D eigenvalue weighted by atomic mass is 32.2. The normalized spacial score (nSPS) is 12.7. The maximum absolute atomic E-state index is 12.4. The van der Waals surface area contributed by atoms with Crippen LogP contribution in [0.4, 0.5) is 18.9 Å². The number of benzene rings is 1. The Hall–Kier alpha value is -2.02. The highest BCUT2D eigenvalue weighted by Crippen LogP contribution is 2.30. The summed E-state index contributed by atoms with van der Waals surface area (Å²) in [6.07, 6.45) is -3.64. The van der Waals surface area contributed by atoms with Crippen LogP contribution >= 0.6 is 11.8 Å². The number of hydrogen-bond donors (Lipinski definition) is 1. The predicted molar refractivity (Wildman–Crippen MR) is 79.6 cm³/mol. The van der Waals surface area contributed by atoms with E-state index in [1.165, 1.54) is 6.07 Å². The van der Waals surface area contributed by atoms with E-state index >= 15 is 0 Å². The van der Waals surface area contributed by atoms with Crippen molar-refractivity contribution >= 4 is 23.4 Å². The largest absolute Gasteiger partial charge is 0.417 e. The van der Waals surface area contributed by atoms with Crippen LogP contribution in [0.3, 0.4) is 0 Å². The number of para-hydroxylation sites is 1. The number of amides is 1. The Morgan fingerprint density at radius 3 is 2.41 bits per heavy atom. The van der Waals surface area contributed by atoms with Gasteiger partial charge in [-0.2, -0.15) is 13.2 Å². The minimum absolute atomic E-state index is 0.238. The van der Waals surface area contributed by atoms with Gasteiger partial charge >= 0.3 is 6.18 Å². The molecular formula is C15H13F3N2OS. The van der Waals surface area contributed by atoms with Crippen molar-refractivity contribution < 1.29 is 18.0 Å². The maximum atomic E-state index is 12.4. The number of rotatable bonds is 4. The standard InChI is InChI=1S/C15H13F3N2OS/c1-10(14(21)20-12-5-3-2-4-6-12)22-13-8-7-11(9-19-13)15(16,17)18/h2-10H,1H3,(H,20,21). The number of nitrogens with one attached hydrogen (secondary N) is 1. The molecule has 0 aliphatic rings. The van der Waals surface area contributed by atoms with E-state index in [0.29, 0.717) is 10.7 Å². The summed E-state index contributed by atoms with van der Waals surface area (Å²) in [4.78, 5) is 15.7. The van der Waals surface area contributed by atoms with E-state index in [1.54, 1.807) is 31.2 Å². The Balaban J connectivity index is 1.96. The van der Waals surface area contributed by atoms with Crippen molar-refractivity contribution in [2.24, 2.45) is 0 Å². The number of nitrogens with zero attached hydrogens (tertiary/aromatic N) is 1. The Morgan fingerprint density at radius 1 is 1.18 bits per heavy atom. The SMILES string of the molecule is CC(Sc1ccc(C(F)(F)F)cn1)C(=O)Nc1ccccc1. The molecule has 2 rings (SSSR count). The second-order valence-electron chi connectivity index (χ2n) is 4.50. The lowest BCUT2D eigenvalue weighted by atomic mass is 10.3. The Kier molecular flexibility index (Phi) is 5.07. The van der Waals surface area contributed by atoms with Crippen LogP contribution in [0.25, 0.3) is 0 Å². The number of thioether (sulfide) groups is 1. The van der Waals surface area contributed by atoms with Crippen LogP contribution in [0.1, 0.15) is 12.5 Å². The number of aromatic nitrogens is 1. The molecule has 3 nitrogen and oxygen atoms in total. The Morgan fingerprint density at radius 2 is 1.86 bits per heavy atom. The summed E-state index contributed by atoms with van der Waals surface area (Å²) in [6.45, 7) is 1.67. The summed E-state index contributed by atoms with van der Waals surface area (Å²) in [6, 6.07) is 11.2. The number of hydrogen-bond acceptors (Lipinski definition) is 3. The molecule has 0 fully saturated rings. The highest BCUT2D eigenvalue weighted by Gasteiger charge is 2.30. The molecule has 1 N–H and O–H groups in total. The molecule has 1 aromatic heterocycles. The molecule has 1 heterocycles. The molecule has 0 spiro atoms. The maximum Gasteiger partial charge on any atom is 0.417 e. The number of anilines is 1. The number of pyridine rings is 1. The molecular weight excluding hydrogens is 313 g/mol. The van der Waals surface area contributed by atoms with Crippen molar-refractivity contribution in [2.75, 3.05) is 5.32 Å². The van der Waals surface area contributed by atoms with E-state index < -0.39 is 17.0 Å². The molecule has 0 saturated heterocycles. The van der Waals surface area contributed by atoms with E-state index in [0.717, 1.165) is 24.0 Å². The van der Waals surface area contributed by atoms with E-state index in [2.05, 4.69) is 10.3 Å². The fraction of sp³-hybridized carbons (Fsp3) is 0.200. The average Bonchev–Trinajstić information content (AvgIpc) is 2.48. The molecule has 1 aromatic carbocycles. The first kappa shape index (κ1) is 16.4. The van der Waals surface area contributed by atoms with E-state index in [4.69, 9.17) is 0 Å². The van der Waals surface area contributed by atoms with Gasteiger partial charge in [0.1, 0.15) is 0 Å². The van der Waals surface area contributed by atoms with Crippen LogP contribution < -0.4 is 5.32 Å². The van der Waals surface area contributed by atoms with Crippen LogP contribution in [0.5, 0.6) is 0 Å². The van der Waals surface area contributed by atoms with Gasteiger partial charge in [0.05, 0.1) is 15.8 Å². The first-order valence-corrected chi connectivity index (χ1v) is 7.30. The first-order valence-electron chi connectivity index (χ1n) is 6.42. The number of carbonyl (C=O) groups is 1. The lowest BCUT2D eigenvalue weighted by Gasteiger charge is -2.12. The van der Waals surface area contributed by atoms with Crippen LogP contribution in [0, 0.1) is 0 Å². The Bertz CT molecular complexity index is 629. The molecule has 2 aromatic rings. The van der Waals surface area contributed by atoms with Crippen molar-refractivity contribution in [3.63, 3.8) is 0 Å². The fourth-order valence-corrected chi connectivity index (χ4v) is 2.41. The Labute approximate surface area is 129 Å². The third-order valence-corrected chi connectivity index (χ3v) is 3.82. The van der Waals surface area contributed by atoms with Gasteiger partial charge in [0.25, 0.3) is 0 Å². The molecule has 116 valence electrons. The minimum Gasteiger partial charge on any atom is -0.325 e. The molecule has 1 amide bonds. The third-order valence-electron chi connectivity index (χ3n) is 2.77. The summed E-state index contributed by atoms with van der Waals surface area (Å²) >= 11 is 1.10.